The average Bonchev–Trinajstić information content (AvgIpc) is 2.69. The van der Waals surface area contributed by atoms with E-state index in [9.17, 15) is 4.39 Å². The SMILES string of the molecule is Cc1nc(-c2ccccn2)nc(NCCNc2cccc(F)c2C#N)c1C. The first-order valence-electron chi connectivity index (χ1n) is 8.53. The van der Waals surface area contributed by atoms with Crippen molar-refractivity contribution in [3.63, 3.8) is 0 Å². The van der Waals surface area contributed by atoms with E-state index < -0.39 is 5.82 Å². The summed E-state index contributed by atoms with van der Waals surface area (Å²) in [4.78, 5) is 13.4. The van der Waals surface area contributed by atoms with Gasteiger partial charge in [0.05, 0.1) is 5.69 Å². The first-order valence-corrected chi connectivity index (χ1v) is 8.53. The van der Waals surface area contributed by atoms with Crippen molar-refractivity contribution in [3.8, 4) is 17.6 Å². The van der Waals surface area contributed by atoms with Crippen molar-refractivity contribution in [2.45, 2.75) is 13.8 Å². The van der Waals surface area contributed by atoms with Crippen LogP contribution in [0.3, 0.4) is 0 Å². The number of hydrogen-bond donors (Lipinski definition) is 2. The highest BCUT2D eigenvalue weighted by atomic mass is 19.1. The molecule has 0 radical (unpaired) electrons. The minimum absolute atomic E-state index is 0.0176. The van der Waals surface area contributed by atoms with Crippen LogP contribution in [0.4, 0.5) is 15.9 Å². The van der Waals surface area contributed by atoms with Crippen LogP contribution in [-0.2, 0) is 0 Å². The van der Waals surface area contributed by atoms with Crippen LogP contribution < -0.4 is 10.6 Å². The third-order valence-corrected chi connectivity index (χ3v) is 4.14. The van der Waals surface area contributed by atoms with E-state index >= 15 is 0 Å². The molecular formula is C20H19FN6. The van der Waals surface area contributed by atoms with E-state index in [-0.39, 0.29) is 5.56 Å². The number of anilines is 2. The summed E-state index contributed by atoms with van der Waals surface area (Å²) in [5.41, 5.74) is 3.03. The van der Waals surface area contributed by atoms with Gasteiger partial charge in [-0.05, 0) is 38.1 Å². The Labute approximate surface area is 157 Å². The summed E-state index contributed by atoms with van der Waals surface area (Å²) in [5.74, 6) is 0.758. The molecule has 3 rings (SSSR count). The van der Waals surface area contributed by atoms with Gasteiger partial charge in [0, 0.05) is 30.5 Å². The first kappa shape index (κ1) is 18.3. The van der Waals surface area contributed by atoms with Gasteiger partial charge < -0.3 is 10.6 Å². The van der Waals surface area contributed by atoms with E-state index in [1.54, 1.807) is 18.3 Å². The highest BCUT2D eigenvalue weighted by molar-refractivity contribution is 5.58. The monoisotopic (exact) mass is 362 g/mol. The molecule has 2 aromatic heterocycles. The molecule has 1 aromatic carbocycles. The third kappa shape index (κ3) is 4.18. The summed E-state index contributed by atoms with van der Waals surface area (Å²) >= 11 is 0. The Morgan fingerprint density at radius 3 is 2.59 bits per heavy atom. The minimum Gasteiger partial charge on any atom is -0.382 e. The van der Waals surface area contributed by atoms with E-state index in [2.05, 4.69) is 25.6 Å². The van der Waals surface area contributed by atoms with Crippen molar-refractivity contribution >= 4 is 11.5 Å². The van der Waals surface area contributed by atoms with Gasteiger partial charge in [-0.15, -0.1) is 0 Å². The molecule has 0 saturated heterocycles. The van der Waals surface area contributed by atoms with Gasteiger partial charge in [0.15, 0.2) is 5.82 Å². The minimum atomic E-state index is -0.530. The summed E-state index contributed by atoms with van der Waals surface area (Å²) in [6.45, 7) is 4.92. The van der Waals surface area contributed by atoms with Crippen molar-refractivity contribution in [1.82, 2.24) is 15.0 Å². The van der Waals surface area contributed by atoms with Gasteiger partial charge in [0.1, 0.15) is 29.0 Å². The maximum atomic E-state index is 13.6. The van der Waals surface area contributed by atoms with Crippen molar-refractivity contribution in [1.29, 1.82) is 5.26 Å². The number of nitriles is 1. The van der Waals surface area contributed by atoms with Crippen molar-refractivity contribution in [2.24, 2.45) is 0 Å². The number of nitrogens with one attached hydrogen (secondary N) is 2. The van der Waals surface area contributed by atoms with E-state index in [1.807, 2.05) is 38.1 Å². The first-order chi connectivity index (χ1) is 13.1. The molecule has 2 heterocycles. The number of hydrogen-bond acceptors (Lipinski definition) is 6. The molecule has 0 fully saturated rings. The highest BCUT2D eigenvalue weighted by Crippen LogP contribution is 2.20. The predicted molar refractivity (Wildman–Crippen MR) is 103 cm³/mol. The molecule has 7 heteroatoms. The second-order valence-corrected chi connectivity index (χ2v) is 5.95. The zero-order chi connectivity index (χ0) is 19.2. The smallest absolute Gasteiger partial charge is 0.180 e. The molecule has 3 aromatic rings. The third-order valence-electron chi connectivity index (χ3n) is 4.14. The quantitative estimate of drug-likeness (QED) is 0.651. The maximum Gasteiger partial charge on any atom is 0.180 e. The van der Waals surface area contributed by atoms with Gasteiger partial charge in [-0.2, -0.15) is 5.26 Å². The lowest BCUT2D eigenvalue weighted by Crippen LogP contribution is -2.16. The summed E-state index contributed by atoms with van der Waals surface area (Å²) in [7, 11) is 0. The van der Waals surface area contributed by atoms with Crippen LogP contribution in [0.2, 0.25) is 0 Å². The summed E-state index contributed by atoms with van der Waals surface area (Å²) in [5, 5.41) is 15.4. The van der Waals surface area contributed by atoms with E-state index in [1.165, 1.54) is 6.07 Å². The summed E-state index contributed by atoms with van der Waals surface area (Å²) in [6, 6.07) is 12.0. The molecule has 0 saturated carbocycles. The number of aryl methyl sites for hydroxylation is 1. The number of pyridine rings is 1. The Morgan fingerprint density at radius 2 is 1.85 bits per heavy atom. The number of rotatable bonds is 6. The van der Waals surface area contributed by atoms with Crippen LogP contribution in [0.5, 0.6) is 0 Å². The van der Waals surface area contributed by atoms with Gasteiger partial charge in [-0.3, -0.25) is 4.98 Å². The summed E-state index contributed by atoms with van der Waals surface area (Å²) < 4.78 is 13.6. The molecule has 136 valence electrons. The molecule has 0 aliphatic carbocycles. The Hall–Kier alpha value is -3.53. The van der Waals surface area contributed by atoms with Crippen LogP contribution in [0.15, 0.2) is 42.6 Å². The lowest BCUT2D eigenvalue weighted by atomic mass is 10.2. The molecular weight excluding hydrogens is 343 g/mol. The number of nitrogens with zero attached hydrogens (tertiary/aromatic N) is 4. The van der Waals surface area contributed by atoms with E-state index in [0.29, 0.717) is 30.3 Å². The largest absolute Gasteiger partial charge is 0.382 e. The standard InChI is InChI=1S/C20H19FN6/c1-13-14(2)26-20(18-7-3-4-9-23-18)27-19(13)25-11-10-24-17-8-5-6-16(21)15(17)12-22/h3-9,24H,10-11H2,1-2H3,(H,25,26,27). The Bertz CT molecular complexity index is 982. The molecule has 0 bridgehead atoms. The number of aromatic nitrogens is 3. The maximum absolute atomic E-state index is 13.6. The molecule has 27 heavy (non-hydrogen) atoms. The second-order valence-electron chi connectivity index (χ2n) is 5.95. The Morgan fingerprint density at radius 1 is 1.04 bits per heavy atom. The molecule has 6 nitrogen and oxygen atoms in total. The molecule has 0 spiro atoms. The second kappa shape index (κ2) is 8.23. The van der Waals surface area contributed by atoms with Crippen LogP contribution in [0.25, 0.3) is 11.5 Å². The van der Waals surface area contributed by atoms with Crippen LogP contribution in [-0.4, -0.2) is 28.0 Å². The Kier molecular flexibility index (Phi) is 5.57. The lowest BCUT2D eigenvalue weighted by Gasteiger charge is -2.13. The van der Waals surface area contributed by atoms with Crippen LogP contribution >= 0.6 is 0 Å². The van der Waals surface area contributed by atoms with Crippen LogP contribution in [0, 0.1) is 31.0 Å². The topological polar surface area (TPSA) is 86.5 Å². The highest BCUT2D eigenvalue weighted by Gasteiger charge is 2.11. The van der Waals surface area contributed by atoms with Gasteiger partial charge >= 0.3 is 0 Å². The number of benzene rings is 1. The van der Waals surface area contributed by atoms with Crippen molar-refractivity contribution in [3.05, 3.63) is 65.2 Å². The predicted octanol–water partition coefficient (Wildman–Crippen LogP) is 3.69. The zero-order valence-electron chi connectivity index (χ0n) is 15.1. The fourth-order valence-corrected chi connectivity index (χ4v) is 2.57. The molecule has 0 atom stereocenters. The molecule has 0 unspecified atom stereocenters. The van der Waals surface area contributed by atoms with Crippen molar-refractivity contribution in [2.75, 3.05) is 23.7 Å². The Balaban J connectivity index is 1.69. The fourth-order valence-electron chi connectivity index (χ4n) is 2.57. The lowest BCUT2D eigenvalue weighted by molar-refractivity contribution is 0.624. The molecule has 2 N–H and O–H groups in total. The normalized spacial score (nSPS) is 10.3. The fraction of sp³-hybridized carbons (Fsp3) is 0.200. The van der Waals surface area contributed by atoms with Crippen LogP contribution in [0.1, 0.15) is 16.8 Å². The average molecular weight is 362 g/mol. The van der Waals surface area contributed by atoms with Gasteiger partial charge in [0.25, 0.3) is 0 Å². The number of halogens is 1. The van der Waals surface area contributed by atoms with Crippen molar-refractivity contribution < 1.29 is 4.39 Å². The summed E-state index contributed by atoms with van der Waals surface area (Å²) in [6.07, 6.45) is 1.71. The van der Waals surface area contributed by atoms with Gasteiger partial charge in [0.2, 0.25) is 0 Å². The van der Waals surface area contributed by atoms with Gasteiger partial charge in [-0.1, -0.05) is 12.1 Å². The zero-order valence-corrected chi connectivity index (χ0v) is 15.1. The van der Waals surface area contributed by atoms with E-state index in [4.69, 9.17) is 5.26 Å². The van der Waals surface area contributed by atoms with Gasteiger partial charge in [-0.25, -0.2) is 14.4 Å². The molecule has 0 aliphatic rings. The van der Waals surface area contributed by atoms with E-state index in [0.717, 1.165) is 17.1 Å². The molecule has 0 amide bonds. The molecule has 0 aliphatic heterocycles.